The highest BCUT2D eigenvalue weighted by molar-refractivity contribution is 5.94. The Morgan fingerprint density at radius 3 is 2.46 bits per heavy atom. The van der Waals surface area contributed by atoms with Gasteiger partial charge in [-0.1, -0.05) is 11.6 Å². The molecular formula is C26H20F5NO3. The Morgan fingerprint density at radius 2 is 1.77 bits per heavy atom. The summed E-state index contributed by atoms with van der Waals surface area (Å²) < 4.78 is 73.4. The van der Waals surface area contributed by atoms with Gasteiger partial charge in [-0.2, -0.15) is 13.2 Å². The number of aromatic carboxylic acids is 1. The number of ether oxygens (including phenoxy) is 1. The molecule has 4 nitrogen and oxygen atoms in total. The summed E-state index contributed by atoms with van der Waals surface area (Å²) >= 11 is 0. The zero-order valence-electron chi connectivity index (χ0n) is 18.5. The number of nitrogens with zero attached hydrogens (tertiary/aromatic N) is 1. The number of rotatable bonds is 6. The predicted octanol–water partition coefficient (Wildman–Crippen LogP) is 7.06. The topological polar surface area (TPSA) is 59.4 Å². The van der Waals surface area contributed by atoms with Gasteiger partial charge in [0.1, 0.15) is 29.7 Å². The molecule has 0 radical (unpaired) electrons. The highest BCUT2D eigenvalue weighted by Crippen LogP contribution is 2.44. The molecule has 0 aliphatic heterocycles. The van der Waals surface area contributed by atoms with E-state index in [0.29, 0.717) is 47.8 Å². The first-order chi connectivity index (χ1) is 16.5. The number of hydrogen-bond donors (Lipinski definition) is 1. The Labute approximate surface area is 197 Å². The molecule has 4 rings (SSSR count). The zero-order chi connectivity index (χ0) is 25.3. The first kappa shape index (κ1) is 24.4. The van der Waals surface area contributed by atoms with Crippen LogP contribution in [0.2, 0.25) is 0 Å². The lowest BCUT2D eigenvalue weighted by Crippen LogP contribution is -2.11. The van der Waals surface area contributed by atoms with Crippen LogP contribution >= 0.6 is 0 Å². The van der Waals surface area contributed by atoms with Crippen LogP contribution in [0.4, 0.5) is 22.0 Å². The Bertz CT molecular complexity index is 1330. The molecule has 0 unspecified atom stereocenters. The van der Waals surface area contributed by atoms with Crippen molar-refractivity contribution in [1.82, 2.24) is 4.98 Å². The lowest BCUT2D eigenvalue weighted by Gasteiger charge is -2.16. The summed E-state index contributed by atoms with van der Waals surface area (Å²) in [6.45, 7) is 1.66. The maximum Gasteiger partial charge on any atom is 0.416 e. The van der Waals surface area contributed by atoms with E-state index >= 15 is 0 Å². The van der Waals surface area contributed by atoms with Crippen LogP contribution in [0.5, 0.6) is 5.75 Å². The fourth-order valence-corrected chi connectivity index (χ4v) is 4.08. The van der Waals surface area contributed by atoms with Crippen molar-refractivity contribution >= 4 is 17.1 Å². The van der Waals surface area contributed by atoms with Gasteiger partial charge in [0, 0.05) is 17.2 Å². The van der Waals surface area contributed by atoms with Gasteiger partial charge in [0.15, 0.2) is 0 Å². The summed E-state index contributed by atoms with van der Waals surface area (Å²) in [5, 5.41) is 9.30. The molecule has 1 N–H and O–H groups in total. The van der Waals surface area contributed by atoms with Crippen LogP contribution in [0.3, 0.4) is 0 Å². The van der Waals surface area contributed by atoms with Crippen molar-refractivity contribution in [2.24, 2.45) is 0 Å². The van der Waals surface area contributed by atoms with E-state index in [1.54, 1.807) is 12.1 Å². The van der Waals surface area contributed by atoms with E-state index in [4.69, 9.17) is 4.74 Å². The monoisotopic (exact) mass is 489 g/mol. The molecule has 0 atom stereocenters. The van der Waals surface area contributed by atoms with Gasteiger partial charge in [-0.25, -0.2) is 18.6 Å². The molecule has 0 bridgehead atoms. The fraction of sp³-hybridized carbons (Fsp3) is 0.231. The SMILES string of the molecule is Cc1ccc(OCc2ccc(F)cc2F)c(C2=C(c3cc(C(F)(F)F)cc(C(=O)O)n3)CCC2)c1. The van der Waals surface area contributed by atoms with Gasteiger partial charge in [0.25, 0.3) is 0 Å². The molecule has 1 aromatic heterocycles. The second-order valence-corrected chi connectivity index (χ2v) is 8.26. The third-order valence-electron chi connectivity index (χ3n) is 5.76. The maximum atomic E-state index is 14.1. The highest BCUT2D eigenvalue weighted by atomic mass is 19.4. The van der Waals surface area contributed by atoms with Gasteiger partial charge in [0.05, 0.1) is 11.3 Å². The van der Waals surface area contributed by atoms with E-state index in [1.807, 2.05) is 13.0 Å². The third kappa shape index (κ3) is 5.34. The smallest absolute Gasteiger partial charge is 0.416 e. The molecular weight excluding hydrogens is 469 g/mol. The molecule has 0 spiro atoms. The molecule has 0 saturated carbocycles. The van der Waals surface area contributed by atoms with Crippen molar-refractivity contribution in [3.63, 3.8) is 0 Å². The molecule has 1 aliphatic rings. The van der Waals surface area contributed by atoms with Crippen molar-refractivity contribution in [3.8, 4) is 5.75 Å². The van der Waals surface area contributed by atoms with Gasteiger partial charge in [0.2, 0.25) is 0 Å². The Morgan fingerprint density at radius 1 is 1.03 bits per heavy atom. The van der Waals surface area contributed by atoms with Crippen LogP contribution in [-0.2, 0) is 12.8 Å². The minimum atomic E-state index is -4.74. The third-order valence-corrected chi connectivity index (χ3v) is 5.76. The van der Waals surface area contributed by atoms with Crippen LogP contribution in [0.15, 0.2) is 48.5 Å². The zero-order valence-corrected chi connectivity index (χ0v) is 18.5. The molecule has 2 aromatic carbocycles. The van der Waals surface area contributed by atoms with E-state index in [0.717, 1.165) is 23.8 Å². The summed E-state index contributed by atoms with van der Waals surface area (Å²) in [5.74, 6) is -2.65. The van der Waals surface area contributed by atoms with Crippen molar-refractivity contribution in [1.29, 1.82) is 0 Å². The number of carboxylic acid groups (broad SMARTS) is 1. The van der Waals surface area contributed by atoms with Crippen LogP contribution in [0.1, 0.15) is 57.7 Å². The molecule has 182 valence electrons. The summed E-state index contributed by atoms with van der Waals surface area (Å²) in [7, 11) is 0. The largest absolute Gasteiger partial charge is 0.488 e. The predicted molar refractivity (Wildman–Crippen MR) is 119 cm³/mol. The van der Waals surface area contributed by atoms with Crippen molar-refractivity contribution < 1.29 is 36.6 Å². The van der Waals surface area contributed by atoms with E-state index < -0.39 is 35.0 Å². The Kier molecular flexibility index (Phi) is 6.60. The molecule has 35 heavy (non-hydrogen) atoms. The van der Waals surface area contributed by atoms with Gasteiger partial charge in [-0.05, 0) is 73.7 Å². The Balaban J connectivity index is 1.78. The van der Waals surface area contributed by atoms with Crippen LogP contribution in [-0.4, -0.2) is 16.1 Å². The van der Waals surface area contributed by atoms with Gasteiger partial charge in [-0.15, -0.1) is 0 Å². The number of halogens is 5. The normalized spacial score (nSPS) is 13.9. The summed E-state index contributed by atoms with van der Waals surface area (Å²) in [4.78, 5) is 15.4. The van der Waals surface area contributed by atoms with E-state index in [9.17, 15) is 31.9 Å². The number of pyridine rings is 1. The first-order valence-corrected chi connectivity index (χ1v) is 10.8. The number of alkyl halides is 3. The van der Waals surface area contributed by atoms with Crippen LogP contribution in [0.25, 0.3) is 11.1 Å². The molecule has 3 aromatic rings. The molecule has 0 fully saturated rings. The van der Waals surface area contributed by atoms with Crippen molar-refractivity contribution in [2.45, 2.75) is 39.0 Å². The second kappa shape index (κ2) is 9.48. The number of hydrogen-bond acceptors (Lipinski definition) is 3. The second-order valence-electron chi connectivity index (χ2n) is 8.26. The van der Waals surface area contributed by atoms with Gasteiger partial charge in [-0.3, -0.25) is 0 Å². The fourth-order valence-electron chi connectivity index (χ4n) is 4.08. The van der Waals surface area contributed by atoms with Gasteiger partial charge < -0.3 is 9.84 Å². The number of aromatic nitrogens is 1. The molecule has 0 amide bonds. The average molecular weight is 489 g/mol. The Hall–Kier alpha value is -3.75. The summed E-state index contributed by atoms with van der Waals surface area (Å²) in [6, 6.07) is 9.79. The quantitative estimate of drug-likeness (QED) is 0.377. The number of carbonyl (C=O) groups is 1. The minimum absolute atomic E-state index is 0.0539. The molecule has 1 heterocycles. The lowest BCUT2D eigenvalue weighted by molar-refractivity contribution is -0.137. The van der Waals surface area contributed by atoms with Crippen molar-refractivity contribution in [2.75, 3.05) is 0 Å². The average Bonchev–Trinajstić information content (AvgIpc) is 3.28. The van der Waals surface area contributed by atoms with Crippen molar-refractivity contribution in [3.05, 3.63) is 93.8 Å². The molecule has 0 saturated heterocycles. The van der Waals surface area contributed by atoms with E-state index in [2.05, 4.69) is 4.98 Å². The highest BCUT2D eigenvalue weighted by Gasteiger charge is 2.33. The number of aryl methyl sites for hydroxylation is 1. The summed E-state index contributed by atoms with van der Waals surface area (Å²) in [5.41, 5.74) is 0.963. The van der Waals surface area contributed by atoms with Gasteiger partial charge >= 0.3 is 12.1 Å². The van der Waals surface area contributed by atoms with E-state index in [1.165, 1.54) is 6.07 Å². The van der Waals surface area contributed by atoms with E-state index in [-0.39, 0.29) is 17.9 Å². The first-order valence-electron chi connectivity index (χ1n) is 10.8. The standard InChI is InChI=1S/C26H20F5NO3/c1-14-5-8-24(35-13-15-6-7-17(27)12-21(15)28)20(9-14)18-3-2-4-19(18)22-10-16(26(29,30)31)11-23(32-22)25(33)34/h5-12H,2-4,13H2,1H3,(H,33,34). The number of allylic oxidation sites excluding steroid dienone is 2. The molecule has 9 heteroatoms. The number of benzene rings is 2. The maximum absolute atomic E-state index is 14.1. The summed E-state index contributed by atoms with van der Waals surface area (Å²) in [6.07, 6.45) is -3.19. The minimum Gasteiger partial charge on any atom is -0.488 e. The van der Waals surface area contributed by atoms with Crippen LogP contribution in [0, 0.1) is 18.6 Å². The lowest BCUT2D eigenvalue weighted by atomic mass is 9.96. The van der Waals surface area contributed by atoms with Crippen LogP contribution < -0.4 is 4.74 Å². The molecule has 1 aliphatic carbocycles. The number of carboxylic acids is 1.